The summed E-state index contributed by atoms with van der Waals surface area (Å²) < 4.78 is 78.9. The van der Waals surface area contributed by atoms with Gasteiger partial charge >= 0.3 is 12.4 Å². The quantitative estimate of drug-likeness (QED) is 0.193. The van der Waals surface area contributed by atoms with Crippen LogP contribution in [-0.2, 0) is 12.4 Å². The predicted molar refractivity (Wildman–Crippen MR) is 189 cm³/mol. The average molecular weight is 727 g/mol. The molecular weight excluding hydrogens is 686 g/mol. The number of anilines is 4. The monoisotopic (exact) mass is 726 g/mol. The number of benzene rings is 2. The summed E-state index contributed by atoms with van der Waals surface area (Å²) >= 11 is 0. The Morgan fingerprint density at radius 1 is 0.596 bits per heavy atom. The first kappa shape index (κ1) is 38.1. The topological polar surface area (TPSA) is 90.5 Å². The number of nitrogens with zero attached hydrogens (tertiary/aromatic N) is 4. The molecule has 8 nitrogen and oxygen atoms in total. The number of carbonyl (C=O) groups is 2. The molecule has 0 unspecified atom stereocenters. The van der Waals surface area contributed by atoms with E-state index in [1.54, 1.807) is 0 Å². The molecule has 52 heavy (non-hydrogen) atoms. The van der Waals surface area contributed by atoms with Gasteiger partial charge in [-0.3, -0.25) is 19.6 Å². The van der Waals surface area contributed by atoms with Crippen LogP contribution < -0.4 is 20.4 Å². The lowest BCUT2D eigenvalue weighted by atomic mass is 10.0. The molecule has 2 saturated heterocycles. The Kier molecular flexibility index (Phi) is 12.1. The van der Waals surface area contributed by atoms with E-state index in [0.717, 1.165) is 75.9 Å². The van der Waals surface area contributed by atoms with Gasteiger partial charge in [-0.2, -0.15) is 26.3 Å². The molecule has 2 amide bonds. The first-order valence-electron chi connectivity index (χ1n) is 17.1. The molecule has 276 valence electrons. The van der Waals surface area contributed by atoms with Crippen LogP contribution in [-0.4, -0.2) is 47.0 Å². The van der Waals surface area contributed by atoms with Crippen LogP contribution in [0.5, 0.6) is 0 Å². The van der Waals surface area contributed by atoms with Crippen molar-refractivity contribution in [3.8, 4) is 0 Å². The van der Waals surface area contributed by atoms with Crippen molar-refractivity contribution < 1.29 is 35.9 Å². The standard InChI is InChI=1S/2C19H20F3N3O/c2*1-13-4-2-3-11-25(13)17-6-5-15(19(20,21)22)12-16(17)24-18(26)14-7-9-23-10-8-14/h2*5-10,12-13H,2-4,11H2,1H3,(H,24,26)/t2*13-/m00/s1. The second-order valence-corrected chi connectivity index (χ2v) is 12.9. The molecule has 2 N–H and O–H groups in total. The van der Waals surface area contributed by atoms with E-state index in [2.05, 4.69) is 30.4 Å². The summed E-state index contributed by atoms with van der Waals surface area (Å²) in [7, 11) is 0. The van der Waals surface area contributed by atoms with Crippen LogP contribution in [0.1, 0.15) is 84.2 Å². The van der Waals surface area contributed by atoms with Crippen LogP contribution in [0.2, 0.25) is 0 Å². The summed E-state index contributed by atoms with van der Waals surface area (Å²) in [6, 6.07) is 13.5. The first-order valence-corrected chi connectivity index (χ1v) is 17.1. The largest absolute Gasteiger partial charge is 0.416 e. The second-order valence-electron chi connectivity index (χ2n) is 12.9. The zero-order valence-electron chi connectivity index (χ0n) is 28.8. The van der Waals surface area contributed by atoms with Crippen LogP contribution in [0.25, 0.3) is 0 Å². The molecule has 4 aromatic rings. The zero-order chi connectivity index (χ0) is 37.5. The maximum atomic E-state index is 13.1. The van der Waals surface area contributed by atoms with E-state index in [-0.39, 0.29) is 23.5 Å². The second kappa shape index (κ2) is 16.5. The number of nitrogens with one attached hydrogen (secondary N) is 2. The van der Waals surface area contributed by atoms with Gasteiger partial charge in [0.1, 0.15) is 0 Å². The van der Waals surface area contributed by atoms with Crippen molar-refractivity contribution in [3.63, 3.8) is 0 Å². The van der Waals surface area contributed by atoms with Crippen molar-refractivity contribution in [2.45, 2.75) is 76.8 Å². The lowest BCUT2D eigenvalue weighted by Gasteiger charge is -2.36. The number of hydrogen-bond acceptors (Lipinski definition) is 6. The summed E-state index contributed by atoms with van der Waals surface area (Å²) in [5, 5.41) is 5.30. The number of halogens is 6. The molecule has 2 aromatic heterocycles. The Morgan fingerprint density at radius 3 is 1.29 bits per heavy atom. The zero-order valence-corrected chi connectivity index (χ0v) is 28.8. The maximum Gasteiger partial charge on any atom is 0.416 e. The van der Waals surface area contributed by atoms with Crippen molar-refractivity contribution in [3.05, 3.63) is 108 Å². The van der Waals surface area contributed by atoms with Gasteiger partial charge in [-0.15, -0.1) is 0 Å². The van der Waals surface area contributed by atoms with Crippen LogP contribution >= 0.6 is 0 Å². The third kappa shape index (κ3) is 9.59. The fraction of sp³-hybridized carbons (Fsp3) is 0.368. The number of aromatic nitrogens is 2. The highest BCUT2D eigenvalue weighted by Gasteiger charge is 2.34. The molecule has 0 aliphatic carbocycles. The highest BCUT2D eigenvalue weighted by Crippen LogP contribution is 2.39. The van der Waals surface area contributed by atoms with Gasteiger partial charge in [0, 0.05) is 61.1 Å². The van der Waals surface area contributed by atoms with Crippen LogP contribution in [0.3, 0.4) is 0 Å². The fourth-order valence-corrected chi connectivity index (χ4v) is 6.43. The molecule has 2 atom stereocenters. The third-order valence-corrected chi connectivity index (χ3v) is 9.25. The van der Waals surface area contributed by atoms with Crippen molar-refractivity contribution >= 4 is 34.6 Å². The Balaban J connectivity index is 0.000000201. The SMILES string of the molecule is C[C@H]1CCCCN1c1ccc(C(F)(F)F)cc1NC(=O)c1ccncc1.C[C@H]1CCCCN1c1ccc(C(F)(F)F)cc1NC(=O)c1ccncc1. The lowest BCUT2D eigenvalue weighted by molar-refractivity contribution is -0.138. The maximum absolute atomic E-state index is 13.1. The van der Waals surface area contributed by atoms with E-state index in [1.807, 2.05) is 13.8 Å². The summed E-state index contributed by atoms with van der Waals surface area (Å²) in [4.78, 5) is 36.7. The molecular formula is C38H40F6N6O2. The highest BCUT2D eigenvalue weighted by molar-refractivity contribution is 6.06. The summed E-state index contributed by atoms with van der Waals surface area (Å²) in [5.41, 5.74) is 0.711. The van der Waals surface area contributed by atoms with Crippen molar-refractivity contribution in [1.29, 1.82) is 0 Å². The summed E-state index contributed by atoms with van der Waals surface area (Å²) in [5.74, 6) is -0.921. The number of hydrogen-bond donors (Lipinski definition) is 2. The molecule has 0 spiro atoms. The number of rotatable bonds is 6. The summed E-state index contributed by atoms with van der Waals surface area (Å²) in [6.45, 7) is 5.60. The van der Waals surface area contributed by atoms with E-state index in [0.29, 0.717) is 22.5 Å². The highest BCUT2D eigenvalue weighted by atomic mass is 19.4. The lowest BCUT2D eigenvalue weighted by Crippen LogP contribution is -2.38. The first-order chi connectivity index (χ1) is 24.7. The van der Waals surface area contributed by atoms with E-state index < -0.39 is 35.3 Å². The molecule has 0 radical (unpaired) electrons. The van der Waals surface area contributed by atoms with E-state index >= 15 is 0 Å². The molecule has 2 fully saturated rings. The van der Waals surface area contributed by atoms with Crippen molar-refractivity contribution in [2.75, 3.05) is 33.5 Å². The van der Waals surface area contributed by atoms with Crippen molar-refractivity contribution in [2.24, 2.45) is 0 Å². The number of piperidine rings is 2. The smallest absolute Gasteiger partial charge is 0.367 e. The van der Waals surface area contributed by atoms with Crippen LogP contribution in [0.4, 0.5) is 49.1 Å². The van der Waals surface area contributed by atoms with Gasteiger partial charge in [-0.1, -0.05) is 0 Å². The normalized spacial score (nSPS) is 17.8. The van der Waals surface area contributed by atoms with Gasteiger partial charge in [0.05, 0.1) is 33.9 Å². The van der Waals surface area contributed by atoms with Gasteiger partial charge in [-0.05, 0) is 113 Å². The number of amides is 2. The number of alkyl halides is 6. The molecule has 14 heteroatoms. The third-order valence-electron chi connectivity index (χ3n) is 9.25. The molecule has 0 saturated carbocycles. The molecule has 2 aliphatic rings. The minimum Gasteiger partial charge on any atom is -0.367 e. The van der Waals surface area contributed by atoms with E-state index in [4.69, 9.17) is 0 Å². The Hall–Kier alpha value is -5.14. The Bertz CT molecular complexity index is 1690. The molecule has 6 rings (SSSR count). The molecule has 4 heterocycles. The minimum absolute atomic E-state index is 0.176. The van der Waals surface area contributed by atoms with E-state index in [1.165, 1.54) is 61.2 Å². The fourth-order valence-electron chi connectivity index (χ4n) is 6.43. The van der Waals surface area contributed by atoms with Gasteiger partial charge < -0.3 is 20.4 Å². The average Bonchev–Trinajstić information content (AvgIpc) is 3.12. The number of carbonyl (C=O) groups excluding carboxylic acids is 2. The number of pyridine rings is 2. The van der Waals surface area contributed by atoms with Gasteiger partial charge in [0.15, 0.2) is 0 Å². The predicted octanol–water partition coefficient (Wildman–Crippen LogP) is 9.46. The minimum atomic E-state index is -4.47. The molecule has 0 bridgehead atoms. The molecule has 2 aromatic carbocycles. The van der Waals surface area contributed by atoms with Crippen LogP contribution in [0.15, 0.2) is 85.5 Å². The van der Waals surface area contributed by atoms with Gasteiger partial charge in [-0.25, -0.2) is 0 Å². The van der Waals surface area contributed by atoms with Crippen LogP contribution in [0, 0.1) is 0 Å². The Morgan fingerprint density at radius 2 is 0.962 bits per heavy atom. The van der Waals surface area contributed by atoms with Gasteiger partial charge in [0.25, 0.3) is 11.8 Å². The van der Waals surface area contributed by atoms with Gasteiger partial charge in [0.2, 0.25) is 0 Å². The summed E-state index contributed by atoms with van der Waals surface area (Å²) in [6.07, 6.45) is 3.01. The van der Waals surface area contributed by atoms with Crippen molar-refractivity contribution in [1.82, 2.24) is 9.97 Å². The van der Waals surface area contributed by atoms with E-state index in [9.17, 15) is 35.9 Å². The molecule has 2 aliphatic heterocycles. The Labute approximate surface area is 298 Å².